The first-order valence-corrected chi connectivity index (χ1v) is 8.67. The quantitative estimate of drug-likeness (QED) is 0.828. The molecule has 1 saturated heterocycles. The first-order chi connectivity index (χ1) is 11.7. The highest BCUT2D eigenvalue weighted by Crippen LogP contribution is 2.31. The van der Waals surface area contributed by atoms with E-state index in [9.17, 15) is 4.79 Å². The van der Waals surface area contributed by atoms with Crippen LogP contribution in [0.25, 0.3) is 0 Å². The smallest absolute Gasteiger partial charge is 0.264 e. The molecule has 1 amide bonds. The lowest BCUT2D eigenvalue weighted by Gasteiger charge is -2.07. The Bertz CT molecular complexity index is 668. The molecule has 1 aromatic heterocycles. The van der Waals surface area contributed by atoms with E-state index in [4.69, 9.17) is 14.2 Å². The van der Waals surface area contributed by atoms with Crippen LogP contribution in [0.5, 0.6) is 11.5 Å². The molecule has 7 nitrogen and oxygen atoms in total. The molecule has 0 aliphatic carbocycles. The molecular weight excluding hydrogens is 330 g/mol. The van der Waals surface area contributed by atoms with Gasteiger partial charge in [0.2, 0.25) is 5.13 Å². The normalized spacial score (nSPS) is 16.8. The van der Waals surface area contributed by atoms with Crippen LogP contribution in [0.2, 0.25) is 0 Å². The van der Waals surface area contributed by atoms with Crippen molar-refractivity contribution < 1.29 is 19.0 Å². The van der Waals surface area contributed by atoms with Crippen LogP contribution in [-0.4, -0.2) is 35.9 Å². The van der Waals surface area contributed by atoms with Gasteiger partial charge in [-0.25, -0.2) is 0 Å². The van der Waals surface area contributed by atoms with Crippen molar-refractivity contribution in [3.63, 3.8) is 0 Å². The van der Waals surface area contributed by atoms with Crippen molar-refractivity contribution >= 4 is 22.4 Å². The molecule has 128 valence electrons. The summed E-state index contributed by atoms with van der Waals surface area (Å²) in [5, 5.41) is 12.0. The van der Waals surface area contributed by atoms with Gasteiger partial charge in [0.25, 0.3) is 5.91 Å². The van der Waals surface area contributed by atoms with E-state index in [1.165, 1.54) is 11.3 Å². The van der Waals surface area contributed by atoms with E-state index in [2.05, 4.69) is 15.5 Å². The maximum Gasteiger partial charge on any atom is 0.264 e. The Morgan fingerprint density at radius 3 is 2.71 bits per heavy atom. The Kier molecular flexibility index (Phi) is 5.60. The number of aromatic nitrogens is 2. The van der Waals surface area contributed by atoms with Gasteiger partial charge in [0.1, 0.15) is 22.6 Å². The van der Waals surface area contributed by atoms with Crippen LogP contribution in [0.4, 0.5) is 5.13 Å². The van der Waals surface area contributed by atoms with Gasteiger partial charge in [-0.05, 0) is 44.0 Å². The molecule has 0 saturated carbocycles. The summed E-state index contributed by atoms with van der Waals surface area (Å²) >= 11 is 1.34. The Hall–Kier alpha value is -2.19. The molecule has 8 heteroatoms. The first-order valence-electron chi connectivity index (χ1n) is 7.85. The minimum Gasteiger partial charge on any atom is -0.494 e. The largest absolute Gasteiger partial charge is 0.494 e. The molecular formula is C16H19N3O4S. The highest BCUT2D eigenvalue weighted by molar-refractivity contribution is 7.15. The predicted octanol–water partition coefficient (Wildman–Crippen LogP) is 2.81. The van der Waals surface area contributed by atoms with Gasteiger partial charge in [-0.1, -0.05) is 11.3 Å². The standard InChI is InChI=1S/C16H19N3O4S/c1-2-21-11-5-7-12(8-6-11)23-10-14(20)17-16-19-18-15(24-16)13-4-3-9-22-13/h5-8,13H,2-4,9-10H2,1H3,(H,17,19,20). The fourth-order valence-electron chi connectivity index (χ4n) is 2.29. The molecule has 0 radical (unpaired) electrons. The van der Waals surface area contributed by atoms with Gasteiger partial charge in [-0.2, -0.15) is 0 Å². The molecule has 2 heterocycles. The lowest BCUT2D eigenvalue weighted by atomic mass is 10.2. The minimum absolute atomic E-state index is 0.00764. The monoisotopic (exact) mass is 349 g/mol. The zero-order valence-electron chi connectivity index (χ0n) is 13.4. The summed E-state index contributed by atoms with van der Waals surface area (Å²) in [6.07, 6.45) is 1.99. The van der Waals surface area contributed by atoms with E-state index >= 15 is 0 Å². The Morgan fingerprint density at radius 1 is 1.29 bits per heavy atom. The molecule has 1 atom stereocenters. The molecule has 1 fully saturated rings. The second-order valence-corrected chi connectivity index (χ2v) is 6.20. The predicted molar refractivity (Wildman–Crippen MR) is 89.6 cm³/mol. The van der Waals surface area contributed by atoms with E-state index in [1.807, 2.05) is 6.92 Å². The topological polar surface area (TPSA) is 82.6 Å². The summed E-state index contributed by atoms with van der Waals surface area (Å²) in [6, 6.07) is 7.13. The van der Waals surface area contributed by atoms with Gasteiger partial charge in [0.15, 0.2) is 6.61 Å². The summed E-state index contributed by atoms with van der Waals surface area (Å²) in [5.41, 5.74) is 0. The van der Waals surface area contributed by atoms with Crippen LogP contribution >= 0.6 is 11.3 Å². The maximum atomic E-state index is 11.9. The van der Waals surface area contributed by atoms with E-state index in [-0.39, 0.29) is 18.6 Å². The Morgan fingerprint density at radius 2 is 2.04 bits per heavy atom. The number of carbonyl (C=O) groups excluding carboxylic acids is 1. The lowest BCUT2D eigenvalue weighted by Crippen LogP contribution is -2.20. The summed E-state index contributed by atoms with van der Waals surface area (Å²) in [7, 11) is 0. The number of nitrogens with one attached hydrogen (secondary N) is 1. The number of ether oxygens (including phenoxy) is 3. The maximum absolute atomic E-state index is 11.9. The van der Waals surface area contributed by atoms with E-state index in [0.29, 0.717) is 17.5 Å². The van der Waals surface area contributed by atoms with Crippen molar-refractivity contribution in [3.8, 4) is 11.5 Å². The number of hydrogen-bond acceptors (Lipinski definition) is 7. The third-order valence-corrected chi connectivity index (χ3v) is 4.33. The molecule has 1 aromatic carbocycles. The molecule has 1 unspecified atom stereocenters. The van der Waals surface area contributed by atoms with Crippen molar-refractivity contribution in [1.82, 2.24) is 10.2 Å². The summed E-state index contributed by atoms with van der Waals surface area (Å²) in [4.78, 5) is 11.9. The molecule has 1 N–H and O–H groups in total. The molecule has 3 rings (SSSR count). The second-order valence-electron chi connectivity index (χ2n) is 5.19. The zero-order valence-corrected chi connectivity index (χ0v) is 14.2. The molecule has 1 aliphatic rings. The van der Waals surface area contributed by atoms with Gasteiger partial charge in [0.05, 0.1) is 6.61 Å². The van der Waals surface area contributed by atoms with Crippen molar-refractivity contribution in [3.05, 3.63) is 29.3 Å². The van der Waals surface area contributed by atoms with Crippen molar-refractivity contribution in [2.75, 3.05) is 25.1 Å². The van der Waals surface area contributed by atoms with Crippen molar-refractivity contribution in [1.29, 1.82) is 0 Å². The van der Waals surface area contributed by atoms with E-state index in [0.717, 1.165) is 30.2 Å². The van der Waals surface area contributed by atoms with E-state index < -0.39 is 0 Å². The number of anilines is 1. The Labute approximate surface area is 144 Å². The molecule has 2 aromatic rings. The third-order valence-electron chi connectivity index (χ3n) is 3.40. The molecule has 0 bridgehead atoms. The molecule has 24 heavy (non-hydrogen) atoms. The second kappa shape index (κ2) is 8.07. The average molecular weight is 349 g/mol. The van der Waals surface area contributed by atoms with Crippen molar-refractivity contribution in [2.45, 2.75) is 25.9 Å². The SMILES string of the molecule is CCOc1ccc(OCC(=O)Nc2nnc(C3CCCO3)s2)cc1. The van der Waals surface area contributed by atoms with Gasteiger partial charge < -0.3 is 14.2 Å². The van der Waals surface area contributed by atoms with Crippen molar-refractivity contribution in [2.24, 2.45) is 0 Å². The molecule has 0 spiro atoms. The number of benzene rings is 1. The van der Waals surface area contributed by atoms with Crippen LogP contribution in [-0.2, 0) is 9.53 Å². The average Bonchev–Trinajstić information content (AvgIpc) is 3.26. The van der Waals surface area contributed by atoms with Crippen LogP contribution in [0.1, 0.15) is 30.9 Å². The number of hydrogen-bond donors (Lipinski definition) is 1. The van der Waals surface area contributed by atoms with Gasteiger partial charge in [0, 0.05) is 6.61 Å². The van der Waals surface area contributed by atoms with Gasteiger partial charge in [-0.3, -0.25) is 10.1 Å². The van der Waals surface area contributed by atoms with Crippen LogP contribution < -0.4 is 14.8 Å². The third kappa shape index (κ3) is 4.42. The number of nitrogens with zero attached hydrogens (tertiary/aromatic N) is 2. The number of carbonyl (C=O) groups is 1. The van der Waals surface area contributed by atoms with Crippen LogP contribution in [0, 0.1) is 0 Å². The highest BCUT2D eigenvalue weighted by atomic mass is 32.1. The fourth-order valence-corrected chi connectivity index (χ4v) is 3.13. The number of rotatable bonds is 7. The van der Waals surface area contributed by atoms with Crippen LogP contribution in [0.3, 0.4) is 0 Å². The Balaban J connectivity index is 1.47. The first kappa shape index (κ1) is 16.7. The summed E-state index contributed by atoms with van der Waals surface area (Å²) in [6.45, 7) is 3.19. The van der Waals surface area contributed by atoms with E-state index in [1.54, 1.807) is 24.3 Å². The minimum atomic E-state index is -0.279. The molecule has 1 aliphatic heterocycles. The van der Waals surface area contributed by atoms with Gasteiger partial charge >= 0.3 is 0 Å². The lowest BCUT2D eigenvalue weighted by molar-refractivity contribution is -0.118. The number of amides is 1. The summed E-state index contributed by atoms with van der Waals surface area (Å²) < 4.78 is 16.3. The van der Waals surface area contributed by atoms with Crippen LogP contribution in [0.15, 0.2) is 24.3 Å². The van der Waals surface area contributed by atoms with Gasteiger partial charge in [-0.15, -0.1) is 10.2 Å². The fraction of sp³-hybridized carbons (Fsp3) is 0.438. The summed E-state index contributed by atoms with van der Waals surface area (Å²) in [5.74, 6) is 1.09. The highest BCUT2D eigenvalue weighted by Gasteiger charge is 2.22. The zero-order chi connectivity index (χ0) is 16.8.